The van der Waals surface area contributed by atoms with Crippen molar-refractivity contribution >= 4 is 11.8 Å². The maximum atomic E-state index is 12.8. The summed E-state index contributed by atoms with van der Waals surface area (Å²) in [6, 6.07) is 8.60. The minimum absolute atomic E-state index is 0.00995. The molecule has 1 atom stereocenters. The van der Waals surface area contributed by atoms with Gasteiger partial charge in [0.2, 0.25) is 5.90 Å². The van der Waals surface area contributed by atoms with Crippen LogP contribution in [-0.2, 0) is 16.1 Å². The van der Waals surface area contributed by atoms with Gasteiger partial charge < -0.3 is 15.0 Å². The lowest BCUT2D eigenvalue weighted by atomic mass is 10.1. The molecule has 2 rings (SSSR count). The van der Waals surface area contributed by atoms with Crippen molar-refractivity contribution in [1.82, 2.24) is 10.2 Å². The molecule has 1 heterocycles. The van der Waals surface area contributed by atoms with E-state index in [-0.39, 0.29) is 18.0 Å². The van der Waals surface area contributed by atoms with Crippen LogP contribution in [0.25, 0.3) is 0 Å². The van der Waals surface area contributed by atoms with Crippen LogP contribution in [0.5, 0.6) is 0 Å². The van der Waals surface area contributed by atoms with Crippen molar-refractivity contribution < 1.29 is 22.7 Å². The Morgan fingerprint density at radius 2 is 2.08 bits per heavy atom. The number of methoxy groups -OCH3 is 1. The summed E-state index contributed by atoms with van der Waals surface area (Å²) in [6.45, 7) is 0.456. The third kappa shape index (κ3) is 4.74. The molecule has 2 N–H and O–H groups in total. The van der Waals surface area contributed by atoms with E-state index in [1.54, 1.807) is 0 Å². The molecule has 1 aliphatic rings. The third-order valence-corrected chi connectivity index (χ3v) is 3.99. The molecule has 1 fully saturated rings. The van der Waals surface area contributed by atoms with Crippen molar-refractivity contribution in [1.29, 1.82) is 5.41 Å². The number of likely N-dealkylation sites (tertiary alicyclic amines) is 1. The first-order valence-corrected chi connectivity index (χ1v) is 7.82. The van der Waals surface area contributed by atoms with E-state index < -0.39 is 18.1 Å². The lowest BCUT2D eigenvalue weighted by molar-refractivity contribution is -0.185. The molecule has 0 aliphatic carbocycles. The highest BCUT2D eigenvalue weighted by molar-refractivity contribution is 5.93. The molecule has 1 unspecified atom stereocenters. The first-order chi connectivity index (χ1) is 11.8. The second-order valence-corrected chi connectivity index (χ2v) is 5.65. The first-order valence-electron chi connectivity index (χ1n) is 7.82. The topological polar surface area (TPSA) is 65.4 Å². The fourth-order valence-electron chi connectivity index (χ4n) is 2.80. The van der Waals surface area contributed by atoms with Crippen LogP contribution in [0.15, 0.2) is 42.1 Å². The van der Waals surface area contributed by atoms with Crippen molar-refractivity contribution in [2.24, 2.45) is 0 Å². The molecular weight excluding hydrogens is 335 g/mol. The Bertz CT molecular complexity index is 644. The van der Waals surface area contributed by atoms with Gasteiger partial charge in [0.25, 0.3) is 0 Å². The summed E-state index contributed by atoms with van der Waals surface area (Å²) in [5, 5.41) is 10.9. The van der Waals surface area contributed by atoms with Gasteiger partial charge in [-0.2, -0.15) is 13.2 Å². The number of carbonyl (C=O) groups excluding carboxylic acids is 1. The number of carbonyl (C=O) groups is 1. The fourth-order valence-corrected chi connectivity index (χ4v) is 2.80. The Labute approximate surface area is 144 Å². The summed E-state index contributed by atoms with van der Waals surface area (Å²) in [5.74, 6) is -2.14. The number of nitrogens with one attached hydrogen (secondary N) is 2. The van der Waals surface area contributed by atoms with E-state index in [0.717, 1.165) is 10.5 Å². The van der Waals surface area contributed by atoms with E-state index in [1.165, 1.54) is 13.3 Å². The van der Waals surface area contributed by atoms with Crippen LogP contribution in [0.2, 0.25) is 0 Å². The maximum absolute atomic E-state index is 12.8. The lowest BCUT2D eigenvalue weighted by Gasteiger charge is -2.27. The first kappa shape index (κ1) is 18.8. The smallest absolute Gasteiger partial charge is 0.471 e. The zero-order chi connectivity index (χ0) is 18.4. The van der Waals surface area contributed by atoms with Gasteiger partial charge in [-0.05, 0) is 18.4 Å². The van der Waals surface area contributed by atoms with Crippen LogP contribution in [0.1, 0.15) is 18.4 Å². The van der Waals surface area contributed by atoms with Crippen molar-refractivity contribution in [2.75, 3.05) is 13.7 Å². The van der Waals surface area contributed by atoms with Crippen LogP contribution >= 0.6 is 0 Å². The van der Waals surface area contributed by atoms with Crippen LogP contribution in [0.3, 0.4) is 0 Å². The number of amides is 1. The average molecular weight is 355 g/mol. The van der Waals surface area contributed by atoms with Gasteiger partial charge in [-0.3, -0.25) is 10.2 Å². The molecule has 0 bridgehead atoms. The van der Waals surface area contributed by atoms with E-state index in [4.69, 9.17) is 10.1 Å². The molecule has 1 aromatic rings. The Morgan fingerprint density at radius 1 is 1.40 bits per heavy atom. The standard InChI is InChI=1S/C17H20F3N3O2/c1-25-15(21)13(11-22-10-12-6-3-2-4-7-12)14-8-5-9-23(14)16(24)17(18,19)20/h2-4,6-7,11,14,21-22H,5,8-10H2,1H3/b13-11-,21-15?. The number of alkyl halides is 3. The summed E-state index contributed by atoms with van der Waals surface area (Å²) in [5.41, 5.74) is 1.21. The molecule has 136 valence electrons. The van der Waals surface area contributed by atoms with Crippen molar-refractivity contribution in [3.8, 4) is 0 Å². The van der Waals surface area contributed by atoms with Gasteiger partial charge >= 0.3 is 12.1 Å². The molecule has 0 radical (unpaired) electrons. The molecular formula is C17H20F3N3O2. The van der Waals surface area contributed by atoms with Gasteiger partial charge in [0.05, 0.1) is 18.7 Å². The van der Waals surface area contributed by atoms with Gasteiger partial charge in [-0.15, -0.1) is 0 Å². The number of ether oxygens (including phenoxy) is 1. The normalized spacial score (nSPS) is 18.2. The highest BCUT2D eigenvalue weighted by Gasteiger charge is 2.47. The molecule has 1 aromatic carbocycles. The minimum atomic E-state index is -4.93. The zero-order valence-electron chi connectivity index (χ0n) is 13.8. The molecule has 1 saturated heterocycles. The van der Waals surface area contributed by atoms with Crippen molar-refractivity contribution in [2.45, 2.75) is 31.6 Å². The van der Waals surface area contributed by atoms with Gasteiger partial charge in [-0.25, -0.2) is 0 Å². The largest absolute Gasteiger partial charge is 0.481 e. The van der Waals surface area contributed by atoms with E-state index in [0.29, 0.717) is 19.4 Å². The Kier molecular flexibility index (Phi) is 6.06. The third-order valence-electron chi connectivity index (χ3n) is 3.99. The number of nitrogens with zero attached hydrogens (tertiary/aromatic N) is 1. The second kappa shape index (κ2) is 8.04. The lowest BCUT2D eigenvalue weighted by Crippen LogP contribution is -2.45. The molecule has 1 amide bonds. The highest BCUT2D eigenvalue weighted by atomic mass is 19.4. The predicted molar refractivity (Wildman–Crippen MR) is 86.9 cm³/mol. The number of rotatable bonds is 5. The molecule has 5 nitrogen and oxygen atoms in total. The summed E-state index contributed by atoms with van der Waals surface area (Å²) < 4.78 is 43.2. The predicted octanol–water partition coefficient (Wildman–Crippen LogP) is 2.84. The minimum Gasteiger partial charge on any atom is -0.481 e. The molecule has 0 saturated carbocycles. The van der Waals surface area contributed by atoms with Gasteiger partial charge in [0, 0.05) is 19.3 Å². The quantitative estimate of drug-likeness (QED) is 0.631. The highest BCUT2D eigenvalue weighted by Crippen LogP contribution is 2.29. The molecule has 1 aliphatic heterocycles. The fraction of sp³-hybridized carbons (Fsp3) is 0.412. The zero-order valence-corrected chi connectivity index (χ0v) is 13.8. The van der Waals surface area contributed by atoms with Gasteiger partial charge in [0.15, 0.2) is 0 Å². The Balaban J connectivity index is 2.17. The second-order valence-electron chi connectivity index (χ2n) is 5.65. The summed E-state index contributed by atoms with van der Waals surface area (Å²) >= 11 is 0. The number of halogens is 3. The maximum Gasteiger partial charge on any atom is 0.471 e. The van der Waals surface area contributed by atoms with E-state index in [2.05, 4.69) is 5.32 Å². The SMILES string of the molecule is COC(=N)/C(=C\NCc1ccccc1)C1CCCN1C(=O)C(F)(F)F. The van der Waals surface area contributed by atoms with Crippen molar-refractivity contribution in [3.05, 3.63) is 47.7 Å². The molecule has 8 heteroatoms. The van der Waals surface area contributed by atoms with Crippen molar-refractivity contribution in [3.63, 3.8) is 0 Å². The van der Waals surface area contributed by atoms with Crippen LogP contribution in [-0.4, -0.2) is 42.6 Å². The molecule has 0 spiro atoms. The summed E-state index contributed by atoms with van der Waals surface area (Å²) in [6.07, 6.45) is -2.67. The average Bonchev–Trinajstić information content (AvgIpc) is 3.06. The van der Waals surface area contributed by atoms with E-state index in [1.807, 2.05) is 30.3 Å². The van der Waals surface area contributed by atoms with E-state index >= 15 is 0 Å². The molecule has 0 aromatic heterocycles. The molecule has 25 heavy (non-hydrogen) atoms. The van der Waals surface area contributed by atoms with E-state index in [9.17, 15) is 18.0 Å². The number of hydrogen-bond acceptors (Lipinski definition) is 4. The number of benzene rings is 1. The Morgan fingerprint density at radius 3 is 2.68 bits per heavy atom. The Hall–Kier alpha value is -2.51. The summed E-state index contributed by atoms with van der Waals surface area (Å²) in [7, 11) is 1.28. The number of hydrogen-bond donors (Lipinski definition) is 2. The van der Waals surface area contributed by atoms with Crippen LogP contribution in [0.4, 0.5) is 13.2 Å². The van der Waals surface area contributed by atoms with Crippen LogP contribution in [0, 0.1) is 5.41 Å². The monoisotopic (exact) mass is 355 g/mol. The van der Waals surface area contributed by atoms with Gasteiger partial charge in [-0.1, -0.05) is 30.3 Å². The van der Waals surface area contributed by atoms with Crippen LogP contribution < -0.4 is 5.32 Å². The van der Waals surface area contributed by atoms with Gasteiger partial charge in [0.1, 0.15) is 0 Å². The summed E-state index contributed by atoms with van der Waals surface area (Å²) in [4.78, 5) is 12.4.